The Kier molecular flexibility index (Phi) is 3.86. The standard InChI is InChI=1S/C14H18N2O4S/c17-14(8-12-9-21(18,19)6-4-15-12)16-11-1-2-13-10(7-11)3-5-20-13/h1-2,7,12,15H,3-6,8-9H2,(H,16,17). The maximum atomic E-state index is 12.0. The Morgan fingerprint density at radius 3 is 3.10 bits per heavy atom. The molecule has 1 saturated heterocycles. The van der Waals surface area contributed by atoms with Crippen molar-refractivity contribution in [3.05, 3.63) is 23.8 Å². The Balaban J connectivity index is 1.59. The minimum absolute atomic E-state index is 0.0262. The number of benzene rings is 1. The van der Waals surface area contributed by atoms with Crippen LogP contribution in [-0.2, 0) is 21.1 Å². The first kappa shape index (κ1) is 14.3. The van der Waals surface area contributed by atoms with Crippen LogP contribution < -0.4 is 15.4 Å². The summed E-state index contributed by atoms with van der Waals surface area (Å²) in [5.74, 6) is 0.866. The molecule has 0 spiro atoms. The van der Waals surface area contributed by atoms with Crippen LogP contribution in [0.5, 0.6) is 5.75 Å². The first-order valence-corrected chi connectivity index (χ1v) is 8.83. The Morgan fingerprint density at radius 1 is 1.43 bits per heavy atom. The maximum Gasteiger partial charge on any atom is 0.225 e. The lowest BCUT2D eigenvalue weighted by molar-refractivity contribution is -0.116. The topological polar surface area (TPSA) is 84.5 Å². The van der Waals surface area contributed by atoms with Crippen LogP contribution in [0.2, 0.25) is 0 Å². The highest BCUT2D eigenvalue weighted by molar-refractivity contribution is 7.91. The molecule has 1 fully saturated rings. The van der Waals surface area contributed by atoms with Gasteiger partial charge in [-0.2, -0.15) is 0 Å². The van der Waals surface area contributed by atoms with Crippen LogP contribution in [0.4, 0.5) is 5.69 Å². The number of amides is 1. The average molecular weight is 310 g/mol. The Bertz CT molecular complexity index is 657. The SMILES string of the molecule is O=C(CC1CS(=O)(=O)CCN1)Nc1ccc2c(c1)CCO2. The predicted octanol–water partition coefficient (Wildman–Crippen LogP) is 0.337. The van der Waals surface area contributed by atoms with Crippen molar-refractivity contribution in [2.75, 3.05) is 30.0 Å². The summed E-state index contributed by atoms with van der Waals surface area (Å²) in [6.07, 6.45) is 1.01. The molecule has 0 aliphatic carbocycles. The Morgan fingerprint density at radius 2 is 2.29 bits per heavy atom. The lowest BCUT2D eigenvalue weighted by Crippen LogP contribution is -2.46. The number of carbonyl (C=O) groups excluding carboxylic acids is 1. The van der Waals surface area contributed by atoms with Crippen molar-refractivity contribution < 1.29 is 17.9 Å². The molecule has 2 aliphatic rings. The molecule has 0 bridgehead atoms. The number of nitrogens with one attached hydrogen (secondary N) is 2. The van der Waals surface area contributed by atoms with Gasteiger partial charge in [0, 0.05) is 31.1 Å². The number of hydrogen-bond acceptors (Lipinski definition) is 5. The number of rotatable bonds is 3. The van der Waals surface area contributed by atoms with E-state index in [1.165, 1.54) is 0 Å². The second kappa shape index (κ2) is 5.65. The molecule has 3 rings (SSSR count). The van der Waals surface area contributed by atoms with Gasteiger partial charge in [-0.3, -0.25) is 4.79 Å². The van der Waals surface area contributed by atoms with E-state index in [1.807, 2.05) is 12.1 Å². The minimum Gasteiger partial charge on any atom is -0.493 e. The highest BCUT2D eigenvalue weighted by atomic mass is 32.2. The Hall–Kier alpha value is -1.60. The lowest BCUT2D eigenvalue weighted by Gasteiger charge is -2.23. The second-order valence-electron chi connectivity index (χ2n) is 5.44. The monoisotopic (exact) mass is 310 g/mol. The largest absolute Gasteiger partial charge is 0.493 e. The van der Waals surface area contributed by atoms with E-state index in [-0.39, 0.29) is 29.9 Å². The smallest absolute Gasteiger partial charge is 0.225 e. The van der Waals surface area contributed by atoms with E-state index in [9.17, 15) is 13.2 Å². The molecule has 1 aromatic carbocycles. The van der Waals surface area contributed by atoms with Gasteiger partial charge in [-0.25, -0.2) is 8.42 Å². The van der Waals surface area contributed by atoms with Gasteiger partial charge in [0.2, 0.25) is 5.91 Å². The van der Waals surface area contributed by atoms with Gasteiger partial charge in [0.1, 0.15) is 5.75 Å². The van der Waals surface area contributed by atoms with Gasteiger partial charge in [-0.05, 0) is 23.8 Å². The van der Waals surface area contributed by atoms with Crippen molar-refractivity contribution in [1.82, 2.24) is 5.32 Å². The van der Waals surface area contributed by atoms with Crippen molar-refractivity contribution in [3.8, 4) is 5.75 Å². The molecule has 2 aliphatic heterocycles. The van der Waals surface area contributed by atoms with Gasteiger partial charge in [-0.1, -0.05) is 0 Å². The lowest BCUT2D eigenvalue weighted by atomic mass is 10.1. The van der Waals surface area contributed by atoms with Crippen LogP contribution in [0.3, 0.4) is 0 Å². The van der Waals surface area contributed by atoms with Crippen molar-refractivity contribution in [3.63, 3.8) is 0 Å². The van der Waals surface area contributed by atoms with Gasteiger partial charge in [0.05, 0.1) is 18.1 Å². The maximum absolute atomic E-state index is 12.0. The zero-order valence-corrected chi connectivity index (χ0v) is 12.4. The fourth-order valence-corrected chi connectivity index (χ4v) is 4.14. The summed E-state index contributed by atoms with van der Waals surface area (Å²) < 4.78 is 28.5. The molecule has 0 saturated carbocycles. The van der Waals surface area contributed by atoms with E-state index >= 15 is 0 Å². The van der Waals surface area contributed by atoms with Crippen LogP contribution in [0.1, 0.15) is 12.0 Å². The number of ether oxygens (including phenoxy) is 1. The van der Waals surface area contributed by atoms with Crippen LogP contribution in [0.15, 0.2) is 18.2 Å². The van der Waals surface area contributed by atoms with Crippen molar-refractivity contribution >= 4 is 21.4 Å². The van der Waals surface area contributed by atoms with Gasteiger partial charge in [-0.15, -0.1) is 0 Å². The zero-order valence-electron chi connectivity index (χ0n) is 11.6. The van der Waals surface area contributed by atoms with E-state index in [0.717, 1.165) is 23.4 Å². The molecule has 1 aromatic rings. The van der Waals surface area contributed by atoms with Gasteiger partial charge < -0.3 is 15.4 Å². The van der Waals surface area contributed by atoms with Gasteiger partial charge >= 0.3 is 0 Å². The summed E-state index contributed by atoms with van der Waals surface area (Å²) in [6, 6.07) is 5.25. The summed E-state index contributed by atoms with van der Waals surface area (Å²) >= 11 is 0. The van der Waals surface area contributed by atoms with Crippen LogP contribution in [-0.4, -0.2) is 45.0 Å². The minimum atomic E-state index is -3.02. The first-order valence-electron chi connectivity index (χ1n) is 7.01. The summed E-state index contributed by atoms with van der Waals surface area (Å²) in [5, 5.41) is 5.89. The molecule has 1 atom stereocenters. The van der Waals surface area contributed by atoms with Crippen LogP contribution in [0, 0.1) is 0 Å². The molecular weight excluding hydrogens is 292 g/mol. The highest BCUT2D eigenvalue weighted by Gasteiger charge is 2.26. The van der Waals surface area contributed by atoms with Crippen LogP contribution >= 0.6 is 0 Å². The van der Waals surface area contributed by atoms with E-state index < -0.39 is 9.84 Å². The fourth-order valence-electron chi connectivity index (χ4n) is 2.70. The van der Waals surface area contributed by atoms with Crippen molar-refractivity contribution in [2.45, 2.75) is 18.9 Å². The fraction of sp³-hybridized carbons (Fsp3) is 0.500. The highest BCUT2D eigenvalue weighted by Crippen LogP contribution is 2.27. The van der Waals surface area contributed by atoms with Gasteiger partial charge in [0.25, 0.3) is 0 Å². The van der Waals surface area contributed by atoms with E-state index in [0.29, 0.717) is 13.2 Å². The quantitative estimate of drug-likeness (QED) is 0.841. The average Bonchev–Trinajstić information content (AvgIpc) is 2.84. The molecule has 1 amide bonds. The van der Waals surface area contributed by atoms with Crippen LogP contribution in [0.25, 0.3) is 0 Å². The molecule has 2 N–H and O–H groups in total. The molecule has 21 heavy (non-hydrogen) atoms. The normalized spacial score (nSPS) is 23.1. The zero-order chi connectivity index (χ0) is 14.9. The van der Waals surface area contributed by atoms with Crippen molar-refractivity contribution in [1.29, 1.82) is 0 Å². The molecule has 1 unspecified atom stereocenters. The number of hydrogen-bond donors (Lipinski definition) is 2. The molecule has 6 nitrogen and oxygen atoms in total. The third-order valence-corrected chi connectivity index (χ3v) is 5.44. The number of carbonyl (C=O) groups is 1. The molecule has 0 radical (unpaired) electrons. The molecule has 7 heteroatoms. The number of sulfone groups is 1. The summed E-state index contributed by atoms with van der Waals surface area (Å²) in [6.45, 7) is 1.09. The third kappa shape index (κ3) is 3.54. The number of fused-ring (bicyclic) bond motifs is 1. The van der Waals surface area contributed by atoms with E-state index in [1.54, 1.807) is 6.07 Å². The van der Waals surface area contributed by atoms with Gasteiger partial charge in [0.15, 0.2) is 9.84 Å². The number of anilines is 1. The Labute approximate surface area is 123 Å². The van der Waals surface area contributed by atoms with E-state index in [2.05, 4.69) is 10.6 Å². The summed E-state index contributed by atoms with van der Waals surface area (Å²) in [7, 11) is -3.02. The summed E-state index contributed by atoms with van der Waals surface area (Å²) in [5.41, 5.74) is 1.81. The summed E-state index contributed by atoms with van der Waals surface area (Å²) in [4.78, 5) is 12.0. The third-order valence-electron chi connectivity index (χ3n) is 3.71. The first-order chi connectivity index (χ1) is 10.0. The molecule has 114 valence electrons. The molecular formula is C14H18N2O4S. The van der Waals surface area contributed by atoms with E-state index in [4.69, 9.17) is 4.74 Å². The molecule has 0 aromatic heterocycles. The van der Waals surface area contributed by atoms with Crippen molar-refractivity contribution in [2.24, 2.45) is 0 Å². The molecule has 2 heterocycles. The second-order valence-corrected chi connectivity index (χ2v) is 7.67. The predicted molar refractivity (Wildman–Crippen MR) is 79.3 cm³/mol.